The van der Waals surface area contributed by atoms with Gasteiger partial charge in [-0.1, -0.05) is 42.1 Å². The van der Waals surface area contributed by atoms with Gasteiger partial charge in [0.25, 0.3) is 5.91 Å². The van der Waals surface area contributed by atoms with Crippen LogP contribution < -0.4 is 9.64 Å². The van der Waals surface area contributed by atoms with Crippen LogP contribution in [-0.2, 0) is 11.2 Å². The first kappa shape index (κ1) is 19.9. The molecule has 2 aromatic rings. The monoisotopic (exact) mass is 425 g/mol. The highest BCUT2D eigenvalue weighted by Crippen LogP contribution is 2.50. The van der Waals surface area contributed by atoms with E-state index in [1.165, 1.54) is 17.3 Å². The first-order chi connectivity index (χ1) is 14.1. The van der Waals surface area contributed by atoms with Crippen molar-refractivity contribution in [2.75, 3.05) is 32.1 Å². The van der Waals surface area contributed by atoms with Crippen LogP contribution in [0, 0.1) is 0 Å². The molecule has 29 heavy (non-hydrogen) atoms. The molecule has 150 valence electrons. The molecule has 2 aliphatic heterocycles. The molecule has 0 unspecified atom stereocenters. The number of amidine groups is 1. The molecule has 0 aliphatic carbocycles. The predicted octanol–water partition coefficient (Wildman–Crippen LogP) is 4.60. The van der Waals surface area contributed by atoms with E-state index in [9.17, 15) is 4.79 Å². The van der Waals surface area contributed by atoms with E-state index in [1.807, 2.05) is 50.4 Å². The SMILES string of the molecule is CCN1C(=O)C(=C2Sc3ccc(OC)cc3N2C)SC1=NCCc1ccccc1. The molecule has 0 atom stereocenters. The summed E-state index contributed by atoms with van der Waals surface area (Å²) in [5, 5.41) is 1.74. The third-order valence-electron chi connectivity index (χ3n) is 4.90. The smallest absolute Gasteiger partial charge is 0.269 e. The Kier molecular flexibility index (Phi) is 5.87. The number of amides is 1. The van der Waals surface area contributed by atoms with Crippen molar-refractivity contribution < 1.29 is 9.53 Å². The van der Waals surface area contributed by atoms with E-state index in [0.29, 0.717) is 13.1 Å². The van der Waals surface area contributed by atoms with Gasteiger partial charge in [-0.2, -0.15) is 0 Å². The molecule has 0 aromatic heterocycles. The molecule has 0 spiro atoms. The number of aliphatic imine (C=N–C) groups is 1. The van der Waals surface area contributed by atoms with E-state index >= 15 is 0 Å². The molecule has 5 nitrogen and oxygen atoms in total. The maximum atomic E-state index is 13.1. The van der Waals surface area contributed by atoms with E-state index < -0.39 is 0 Å². The Hall–Kier alpha value is -2.38. The van der Waals surface area contributed by atoms with Crippen LogP contribution >= 0.6 is 23.5 Å². The van der Waals surface area contributed by atoms with Crippen molar-refractivity contribution in [3.63, 3.8) is 0 Å². The van der Waals surface area contributed by atoms with Crippen molar-refractivity contribution in [2.45, 2.75) is 18.2 Å². The number of nitrogens with zero attached hydrogens (tertiary/aromatic N) is 3. The van der Waals surface area contributed by atoms with Crippen LogP contribution in [0.3, 0.4) is 0 Å². The Morgan fingerprint density at radius 3 is 2.62 bits per heavy atom. The van der Waals surface area contributed by atoms with Crippen molar-refractivity contribution in [2.24, 2.45) is 4.99 Å². The zero-order valence-electron chi connectivity index (χ0n) is 16.7. The lowest BCUT2D eigenvalue weighted by atomic mass is 10.2. The molecule has 1 saturated heterocycles. The maximum Gasteiger partial charge on any atom is 0.269 e. The second-order valence-electron chi connectivity index (χ2n) is 6.68. The average Bonchev–Trinajstić information content (AvgIpc) is 3.24. The minimum atomic E-state index is 0.0325. The molecule has 7 heteroatoms. The number of likely N-dealkylation sites (N-methyl/N-ethyl adjacent to an activating group) is 1. The standard InChI is InChI=1S/C22H23N3O2S2/c1-4-25-20(26)19(29-22(25)23-13-12-15-8-6-5-7-9-15)21-24(2)17-14-16(27-3)10-11-18(17)28-21/h5-11,14H,4,12-13H2,1-3H3. The number of methoxy groups -OCH3 is 1. The first-order valence-electron chi connectivity index (χ1n) is 9.54. The van der Waals surface area contributed by atoms with Crippen LogP contribution in [0.15, 0.2) is 68.4 Å². The highest BCUT2D eigenvalue weighted by Gasteiger charge is 2.38. The molecule has 1 amide bonds. The molecule has 2 aliphatic rings. The lowest BCUT2D eigenvalue weighted by Gasteiger charge is -2.15. The molecule has 0 bridgehead atoms. The highest BCUT2D eigenvalue weighted by atomic mass is 32.2. The molecule has 1 fully saturated rings. The summed E-state index contributed by atoms with van der Waals surface area (Å²) in [6, 6.07) is 16.3. The summed E-state index contributed by atoms with van der Waals surface area (Å²) in [7, 11) is 3.66. The van der Waals surface area contributed by atoms with Gasteiger partial charge in [0.15, 0.2) is 5.17 Å². The topological polar surface area (TPSA) is 45.1 Å². The predicted molar refractivity (Wildman–Crippen MR) is 122 cm³/mol. The van der Waals surface area contributed by atoms with Gasteiger partial charge in [-0.3, -0.25) is 14.7 Å². The summed E-state index contributed by atoms with van der Waals surface area (Å²) in [5.74, 6) is 0.844. The van der Waals surface area contributed by atoms with Crippen molar-refractivity contribution in [3.05, 3.63) is 64.0 Å². The van der Waals surface area contributed by atoms with Crippen LogP contribution in [0.25, 0.3) is 0 Å². The van der Waals surface area contributed by atoms with Crippen molar-refractivity contribution in [3.8, 4) is 5.75 Å². The fourth-order valence-electron chi connectivity index (χ4n) is 3.31. The summed E-state index contributed by atoms with van der Waals surface area (Å²) in [5.41, 5.74) is 2.31. The molecule has 4 rings (SSSR count). The van der Waals surface area contributed by atoms with Gasteiger partial charge in [0.05, 0.1) is 17.8 Å². The van der Waals surface area contributed by atoms with Gasteiger partial charge in [-0.25, -0.2) is 0 Å². The molecule has 0 N–H and O–H groups in total. The average molecular weight is 426 g/mol. The Morgan fingerprint density at radius 2 is 1.90 bits per heavy atom. The number of hydrogen-bond donors (Lipinski definition) is 0. The van der Waals surface area contributed by atoms with E-state index in [1.54, 1.807) is 23.8 Å². The number of rotatable bonds is 5. The summed E-state index contributed by atoms with van der Waals surface area (Å²) < 4.78 is 5.35. The summed E-state index contributed by atoms with van der Waals surface area (Å²) >= 11 is 3.11. The van der Waals surface area contributed by atoms with Crippen LogP contribution in [0.2, 0.25) is 0 Å². The van der Waals surface area contributed by atoms with Gasteiger partial charge >= 0.3 is 0 Å². The van der Waals surface area contributed by atoms with E-state index in [4.69, 9.17) is 9.73 Å². The van der Waals surface area contributed by atoms with Crippen LogP contribution in [0.4, 0.5) is 5.69 Å². The van der Waals surface area contributed by atoms with E-state index in [-0.39, 0.29) is 5.91 Å². The Bertz CT molecular complexity index is 989. The number of anilines is 1. The quantitative estimate of drug-likeness (QED) is 0.655. The second kappa shape index (κ2) is 8.55. The van der Waals surface area contributed by atoms with Crippen molar-refractivity contribution >= 4 is 40.3 Å². The molecule has 2 aromatic carbocycles. The lowest BCUT2D eigenvalue weighted by molar-refractivity contribution is -0.122. The normalized spacial score (nSPS) is 20.0. The maximum absolute atomic E-state index is 13.1. The number of hydrogen-bond acceptors (Lipinski definition) is 6. The van der Waals surface area contributed by atoms with Gasteiger partial charge in [0, 0.05) is 31.1 Å². The second-order valence-corrected chi connectivity index (χ2v) is 8.69. The minimum absolute atomic E-state index is 0.0325. The van der Waals surface area contributed by atoms with Gasteiger partial charge < -0.3 is 9.64 Å². The Morgan fingerprint density at radius 1 is 1.10 bits per heavy atom. The number of carbonyl (C=O) groups is 1. The van der Waals surface area contributed by atoms with Gasteiger partial charge in [0.1, 0.15) is 10.7 Å². The van der Waals surface area contributed by atoms with E-state index in [2.05, 4.69) is 17.0 Å². The third kappa shape index (κ3) is 3.89. The summed E-state index contributed by atoms with van der Waals surface area (Å²) in [4.78, 5) is 23.6. The minimum Gasteiger partial charge on any atom is -0.497 e. The Labute approximate surface area is 179 Å². The third-order valence-corrected chi connectivity index (χ3v) is 7.37. The fourth-order valence-corrected chi connectivity index (χ4v) is 5.70. The van der Waals surface area contributed by atoms with Gasteiger partial charge in [0.2, 0.25) is 0 Å². The van der Waals surface area contributed by atoms with Gasteiger partial charge in [-0.05, 0) is 42.8 Å². The summed E-state index contributed by atoms with van der Waals surface area (Å²) in [6.07, 6.45) is 0.864. The first-order valence-corrected chi connectivity index (χ1v) is 11.2. The highest BCUT2D eigenvalue weighted by molar-refractivity contribution is 8.19. The summed E-state index contributed by atoms with van der Waals surface area (Å²) in [6.45, 7) is 3.27. The Balaban J connectivity index is 1.57. The number of benzene rings is 2. The van der Waals surface area contributed by atoms with E-state index in [0.717, 1.165) is 37.9 Å². The molecular weight excluding hydrogens is 402 g/mol. The number of carbonyl (C=O) groups excluding carboxylic acids is 1. The van der Waals surface area contributed by atoms with Crippen molar-refractivity contribution in [1.29, 1.82) is 0 Å². The van der Waals surface area contributed by atoms with Gasteiger partial charge in [-0.15, -0.1) is 0 Å². The number of thioether (sulfide) groups is 2. The fraction of sp³-hybridized carbons (Fsp3) is 0.273. The van der Waals surface area contributed by atoms with Crippen LogP contribution in [0.1, 0.15) is 12.5 Å². The molecule has 0 saturated carbocycles. The van der Waals surface area contributed by atoms with Crippen LogP contribution in [-0.4, -0.2) is 43.2 Å². The zero-order chi connectivity index (χ0) is 20.4. The molecule has 2 heterocycles. The lowest BCUT2D eigenvalue weighted by Crippen LogP contribution is -2.29. The van der Waals surface area contributed by atoms with Crippen molar-refractivity contribution in [1.82, 2.24) is 4.90 Å². The zero-order valence-corrected chi connectivity index (χ0v) is 18.3. The molecular formula is C22H23N3O2S2. The number of ether oxygens (including phenoxy) is 1. The largest absolute Gasteiger partial charge is 0.497 e. The molecule has 0 radical (unpaired) electrons. The van der Waals surface area contributed by atoms with Crippen LogP contribution in [0.5, 0.6) is 5.75 Å². The number of fused-ring (bicyclic) bond motifs is 1.